The topological polar surface area (TPSA) is 88.2 Å². The molecule has 58 valence electrons. The third kappa shape index (κ3) is 5.43. The number of hydrogen-bond donors (Lipinski definition) is 3. The summed E-state index contributed by atoms with van der Waals surface area (Å²) in [4.78, 5) is 3.95. The van der Waals surface area contributed by atoms with E-state index in [1.54, 1.807) is 0 Å². The van der Waals surface area contributed by atoms with Crippen molar-refractivity contribution in [1.82, 2.24) is 0 Å². The van der Waals surface area contributed by atoms with E-state index >= 15 is 0 Å². The monoisotopic (exact) mass is 160 g/mol. The van der Waals surface area contributed by atoms with E-state index in [2.05, 4.69) is 4.99 Å². The second-order valence-corrected chi connectivity index (χ2v) is 3.09. The summed E-state index contributed by atoms with van der Waals surface area (Å²) in [6.45, 7) is 3.82. The van der Waals surface area contributed by atoms with E-state index in [9.17, 15) is 0 Å². The van der Waals surface area contributed by atoms with Crippen molar-refractivity contribution < 1.29 is 0 Å². The van der Waals surface area contributed by atoms with Crippen LogP contribution in [0, 0.1) is 5.41 Å². The Morgan fingerprint density at radius 1 is 1.50 bits per heavy atom. The summed E-state index contributed by atoms with van der Waals surface area (Å²) in [5.74, 6) is 0. The Morgan fingerprint density at radius 3 is 2.30 bits per heavy atom. The van der Waals surface area contributed by atoms with Crippen LogP contribution in [0.3, 0.4) is 0 Å². The average molecular weight is 160 g/mol. The molecular weight excluding hydrogens is 148 g/mol. The lowest BCUT2D eigenvalue weighted by molar-refractivity contribution is 0.838. The molecule has 5 N–H and O–H groups in total. The zero-order chi connectivity index (χ0) is 8.15. The van der Waals surface area contributed by atoms with Crippen LogP contribution >= 0.6 is 11.8 Å². The highest BCUT2D eigenvalue weighted by Crippen LogP contribution is 1.99. The van der Waals surface area contributed by atoms with Crippen molar-refractivity contribution in [3.63, 3.8) is 0 Å². The lowest BCUT2D eigenvalue weighted by Gasteiger charge is -1.99. The van der Waals surface area contributed by atoms with Gasteiger partial charge in [0, 0.05) is 6.04 Å². The van der Waals surface area contributed by atoms with Crippen molar-refractivity contribution in [2.75, 3.05) is 0 Å². The summed E-state index contributed by atoms with van der Waals surface area (Å²) in [5, 5.41) is 7.17. The molecule has 0 saturated carbocycles. The Labute approximate surface area is 64.6 Å². The van der Waals surface area contributed by atoms with Crippen LogP contribution < -0.4 is 11.5 Å². The number of aliphatic imine (C=N–C) groups is 1. The van der Waals surface area contributed by atoms with Crippen LogP contribution in [0.15, 0.2) is 4.99 Å². The molecule has 5 heteroatoms. The Kier molecular flexibility index (Phi) is 3.87. The summed E-state index contributed by atoms with van der Waals surface area (Å²) in [7, 11) is 0. The maximum atomic E-state index is 6.85. The van der Waals surface area contributed by atoms with Gasteiger partial charge in [-0.15, -0.1) is 0 Å². The van der Waals surface area contributed by atoms with E-state index in [4.69, 9.17) is 16.9 Å². The lowest BCUT2D eigenvalue weighted by atomic mass is 10.4. The fourth-order valence-electron chi connectivity index (χ4n) is 0.393. The van der Waals surface area contributed by atoms with E-state index in [1.807, 2.05) is 13.8 Å². The Hall–Kier alpha value is -0.710. The Bertz CT molecular complexity index is 152. The van der Waals surface area contributed by atoms with Gasteiger partial charge in [0.2, 0.25) is 0 Å². The van der Waals surface area contributed by atoms with Crippen LogP contribution in [0.4, 0.5) is 0 Å². The third-order valence-corrected chi connectivity index (χ3v) is 1.13. The standard InChI is InChI=1S/C5H12N4S/c1-3(2)9-5(8)10-4(6)7/h3H,1-2H3,(H3,6,7)(H2,8,9). The van der Waals surface area contributed by atoms with Gasteiger partial charge in [-0.05, 0) is 25.6 Å². The largest absolute Gasteiger partial charge is 0.378 e. The maximum absolute atomic E-state index is 6.85. The summed E-state index contributed by atoms with van der Waals surface area (Å²) in [6, 6.07) is 0.159. The van der Waals surface area contributed by atoms with Gasteiger partial charge in [-0.25, -0.2) is 0 Å². The van der Waals surface area contributed by atoms with Crippen LogP contribution in [-0.4, -0.2) is 16.4 Å². The van der Waals surface area contributed by atoms with E-state index < -0.39 is 0 Å². The van der Waals surface area contributed by atoms with Crippen LogP contribution in [0.5, 0.6) is 0 Å². The fourth-order valence-corrected chi connectivity index (χ4v) is 0.882. The van der Waals surface area contributed by atoms with Crippen molar-refractivity contribution in [2.24, 2.45) is 16.5 Å². The zero-order valence-electron chi connectivity index (χ0n) is 6.09. The van der Waals surface area contributed by atoms with Crippen molar-refractivity contribution in [2.45, 2.75) is 19.9 Å². The minimum absolute atomic E-state index is 0.0260. The second-order valence-electron chi connectivity index (χ2n) is 2.03. The van der Waals surface area contributed by atoms with Gasteiger partial charge in [0.1, 0.15) is 0 Å². The molecule has 0 radical (unpaired) electrons. The quantitative estimate of drug-likeness (QED) is 0.381. The van der Waals surface area contributed by atoms with Gasteiger partial charge in [0.25, 0.3) is 0 Å². The first-order chi connectivity index (χ1) is 4.52. The highest BCUT2D eigenvalue weighted by Gasteiger charge is 1.96. The average Bonchev–Trinajstić information content (AvgIpc) is 1.58. The van der Waals surface area contributed by atoms with E-state index in [-0.39, 0.29) is 11.2 Å². The van der Waals surface area contributed by atoms with Gasteiger partial charge in [0.15, 0.2) is 10.3 Å². The minimum Gasteiger partial charge on any atom is -0.378 e. The minimum atomic E-state index is -0.0260. The molecule has 10 heavy (non-hydrogen) atoms. The molecule has 0 atom stereocenters. The zero-order valence-corrected chi connectivity index (χ0v) is 6.90. The van der Waals surface area contributed by atoms with Crippen LogP contribution in [0.2, 0.25) is 0 Å². The van der Waals surface area contributed by atoms with E-state index in [0.717, 1.165) is 11.8 Å². The first-order valence-electron chi connectivity index (χ1n) is 2.87. The summed E-state index contributed by atoms with van der Waals surface area (Å²) >= 11 is 0.972. The van der Waals surface area contributed by atoms with Gasteiger partial charge in [-0.2, -0.15) is 0 Å². The predicted molar refractivity (Wildman–Crippen MR) is 46.3 cm³/mol. The molecule has 0 aromatic rings. The molecular formula is C5H12N4S. The molecule has 0 fully saturated rings. The number of nitrogens with two attached hydrogens (primary N) is 2. The Balaban J connectivity index is 3.82. The van der Waals surface area contributed by atoms with Crippen molar-refractivity contribution in [3.8, 4) is 0 Å². The fraction of sp³-hybridized carbons (Fsp3) is 0.600. The van der Waals surface area contributed by atoms with Crippen molar-refractivity contribution >= 4 is 22.1 Å². The second kappa shape index (κ2) is 4.16. The molecule has 0 aromatic carbocycles. The van der Waals surface area contributed by atoms with E-state index in [0.29, 0.717) is 5.17 Å². The number of nitrogens with one attached hydrogen (secondary N) is 1. The number of rotatable bonds is 1. The molecule has 0 aromatic heterocycles. The molecule has 0 heterocycles. The van der Waals surface area contributed by atoms with Gasteiger partial charge >= 0.3 is 0 Å². The highest BCUT2D eigenvalue weighted by atomic mass is 32.2. The third-order valence-electron chi connectivity index (χ3n) is 0.600. The molecule has 0 unspecified atom stereocenters. The molecule has 0 bridgehead atoms. The van der Waals surface area contributed by atoms with Gasteiger partial charge in [-0.3, -0.25) is 10.4 Å². The number of hydrogen-bond acceptors (Lipinski definition) is 3. The van der Waals surface area contributed by atoms with Crippen molar-refractivity contribution in [3.05, 3.63) is 0 Å². The SMILES string of the molecule is CC(C)N=C(N)SC(=N)N. The number of thioether (sulfide) groups is 1. The lowest BCUT2D eigenvalue weighted by Crippen LogP contribution is -2.16. The van der Waals surface area contributed by atoms with E-state index in [1.165, 1.54) is 0 Å². The molecule has 0 amide bonds. The first kappa shape index (κ1) is 9.29. The van der Waals surface area contributed by atoms with Crippen LogP contribution in [0.25, 0.3) is 0 Å². The molecule has 0 spiro atoms. The Morgan fingerprint density at radius 2 is 2.00 bits per heavy atom. The van der Waals surface area contributed by atoms with Gasteiger partial charge < -0.3 is 11.5 Å². The molecule has 0 aliphatic rings. The smallest absolute Gasteiger partial charge is 0.161 e. The molecule has 0 aliphatic carbocycles. The highest BCUT2D eigenvalue weighted by molar-refractivity contribution is 8.26. The molecule has 0 aliphatic heterocycles. The molecule has 0 rings (SSSR count). The van der Waals surface area contributed by atoms with Crippen LogP contribution in [0.1, 0.15) is 13.8 Å². The number of nitrogens with zero attached hydrogens (tertiary/aromatic N) is 1. The maximum Gasteiger partial charge on any atom is 0.161 e. The van der Waals surface area contributed by atoms with Gasteiger partial charge in [-0.1, -0.05) is 0 Å². The summed E-state index contributed by atoms with van der Waals surface area (Å²) in [5.41, 5.74) is 10.4. The van der Waals surface area contributed by atoms with Gasteiger partial charge in [0.05, 0.1) is 0 Å². The normalized spacial score (nSPS) is 12.1. The van der Waals surface area contributed by atoms with Crippen LogP contribution in [-0.2, 0) is 0 Å². The number of amidine groups is 2. The predicted octanol–water partition coefficient (Wildman–Crippen LogP) is 0.336. The summed E-state index contributed by atoms with van der Waals surface area (Å²) < 4.78 is 0. The van der Waals surface area contributed by atoms with Crippen molar-refractivity contribution in [1.29, 1.82) is 5.41 Å². The summed E-state index contributed by atoms with van der Waals surface area (Å²) in [6.07, 6.45) is 0. The molecule has 4 nitrogen and oxygen atoms in total. The molecule has 0 saturated heterocycles. The first-order valence-corrected chi connectivity index (χ1v) is 3.69.